The van der Waals surface area contributed by atoms with Crippen molar-refractivity contribution >= 4 is 27.9 Å². The first kappa shape index (κ1) is 6.49. The second kappa shape index (κ2) is 2.43. The maximum atomic E-state index is 10.3. The van der Waals surface area contributed by atoms with Gasteiger partial charge >= 0.3 is 0 Å². The zero-order valence-corrected chi connectivity index (χ0v) is 6.39. The number of aromatic nitrogens is 1. The first-order valence-electron chi connectivity index (χ1n) is 3.14. The largest absolute Gasteiger partial charge is 0.283 e. The molecule has 0 saturated heterocycles. The van der Waals surface area contributed by atoms with E-state index in [4.69, 9.17) is 0 Å². The third-order valence-corrected chi connectivity index (χ3v) is 2.30. The second-order valence-corrected chi connectivity index (χ2v) is 2.93. The van der Waals surface area contributed by atoms with Gasteiger partial charge in [-0.05, 0) is 17.6 Å². The number of carbonyl (C=O) groups excluding carboxylic acids is 1. The summed E-state index contributed by atoms with van der Waals surface area (Å²) in [5.74, 6) is 0. The molecule has 0 unspecified atom stereocenters. The molecule has 0 saturated carbocycles. The molecule has 0 spiro atoms. The first-order valence-corrected chi connectivity index (χ1v) is 3.92. The van der Waals surface area contributed by atoms with E-state index in [1.807, 2.05) is 24.3 Å². The van der Waals surface area contributed by atoms with Crippen molar-refractivity contribution in [1.29, 1.82) is 0 Å². The fraction of sp³-hybridized carbons (Fsp3) is 0. The molecule has 11 heavy (non-hydrogen) atoms. The van der Waals surface area contributed by atoms with Crippen LogP contribution in [0.5, 0.6) is 0 Å². The molecule has 0 amide bonds. The summed E-state index contributed by atoms with van der Waals surface area (Å²) in [5.41, 5.74) is 0.422. The van der Waals surface area contributed by atoms with E-state index in [1.54, 1.807) is 6.29 Å². The third kappa shape index (κ3) is 0.935. The van der Waals surface area contributed by atoms with E-state index in [1.165, 1.54) is 11.5 Å². The number of hydrogen-bond donors (Lipinski definition) is 0. The molecular weight excluding hydrogens is 158 g/mol. The highest BCUT2D eigenvalue weighted by atomic mass is 32.1. The van der Waals surface area contributed by atoms with E-state index in [2.05, 4.69) is 4.37 Å². The molecule has 2 rings (SSSR count). The molecule has 0 bridgehead atoms. The lowest BCUT2D eigenvalue weighted by atomic mass is 10.2. The summed E-state index contributed by atoms with van der Waals surface area (Å²) >= 11 is 1.33. The summed E-state index contributed by atoms with van der Waals surface area (Å²) in [6, 6.07) is 7.62. The lowest BCUT2D eigenvalue weighted by Crippen LogP contribution is -1.77. The summed E-state index contributed by atoms with van der Waals surface area (Å²) in [6.07, 6.45) is 1.80. The fourth-order valence-electron chi connectivity index (χ4n) is 0.959. The van der Waals surface area contributed by atoms with Crippen molar-refractivity contribution < 1.29 is 4.79 Å². The molecule has 1 radical (unpaired) electrons. The Morgan fingerprint density at radius 3 is 3.00 bits per heavy atom. The van der Waals surface area contributed by atoms with Gasteiger partial charge < -0.3 is 0 Å². The van der Waals surface area contributed by atoms with Crippen molar-refractivity contribution in [3.05, 3.63) is 30.0 Å². The van der Waals surface area contributed by atoms with Gasteiger partial charge in [-0.25, -0.2) is 0 Å². The van der Waals surface area contributed by atoms with Crippen LogP contribution in [0.15, 0.2) is 24.3 Å². The Labute approximate surface area is 67.6 Å². The lowest BCUT2D eigenvalue weighted by molar-refractivity contribution is 0.562. The van der Waals surface area contributed by atoms with Gasteiger partial charge in [-0.2, -0.15) is 4.37 Å². The number of benzene rings is 1. The molecule has 1 heterocycles. The quantitative estimate of drug-likeness (QED) is 0.639. The maximum Gasteiger partial charge on any atom is 0.255 e. The normalized spacial score (nSPS) is 10.2. The van der Waals surface area contributed by atoms with Crippen LogP contribution in [-0.4, -0.2) is 10.7 Å². The zero-order valence-electron chi connectivity index (χ0n) is 5.57. The number of hydrogen-bond acceptors (Lipinski definition) is 3. The minimum Gasteiger partial charge on any atom is -0.283 e. The summed E-state index contributed by atoms with van der Waals surface area (Å²) in [5, 5.41) is 0.896. The van der Waals surface area contributed by atoms with E-state index in [0.29, 0.717) is 5.69 Å². The molecule has 2 aromatic rings. The van der Waals surface area contributed by atoms with Crippen LogP contribution < -0.4 is 0 Å². The zero-order chi connectivity index (χ0) is 7.68. The van der Waals surface area contributed by atoms with Gasteiger partial charge in [-0.15, -0.1) is 0 Å². The van der Waals surface area contributed by atoms with Gasteiger partial charge in [0.1, 0.15) is 5.69 Å². The number of fused-ring (bicyclic) bond motifs is 1. The van der Waals surface area contributed by atoms with Crippen molar-refractivity contribution in [2.75, 3.05) is 0 Å². The van der Waals surface area contributed by atoms with E-state index in [-0.39, 0.29) is 0 Å². The summed E-state index contributed by atoms with van der Waals surface area (Å²) in [7, 11) is 0. The second-order valence-electron chi connectivity index (χ2n) is 2.13. The van der Waals surface area contributed by atoms with Gasteiger partial charge in [0.2, 0.25) is 0 Å². The topological polar surface area (TPSA) is 30.0 Å². The van der Waals surface area contributed by atoms with E-state index < -0.39 is 0 Å². The Kier molecular flexibility index (Phi) is 1.43. The maximum absolute atomic E-state index is 10.3. The van der Waals surface area contributed by atoms with Crippen LogP contribution in [0.4, 0.5) is 0 Å². The highest BCUT2D eigenvalue weighted by Gasteiger charge is 2.02. The Bertz CT molecular complexity index is 394. The van der Waals surface area contributed by atoms with Crippen molar-refractivity contribution in [2.24, 2.45) is 0 Å². The molecule has 0 aliphatic heterocycles. The molecule has 3 heteroatoms. The van der Waals surface area contributed by atoms with Crippen molar-refractivity contribution in [2.45, 2.75) is 0 Å². The number of nitrogens with zero attached hydrogens (tertiary/aromatic N) is 1. The molecule has 0 atom stereocenters. The predicted molar refractivity (Wildman–Crippen MR) is 44.4 cm³/mol. The van der Waals surface area contributed by atoms with Gasteiger partial charge in [0.25, 0.3) is 6.29 Å². The molecule has 1 aromatic heterocycles. The summed E-state index contributed by atoms with van der Waals surface area (Å²) in [4.78, 5) is 10.3. The minimum absolute atomic E-state index is 0.422. The standard InChI is InChI=1S/C8H4NOS/c10-5-7-6-3-1-2-4-8(6)11-9-7/h1-4H. The van der Waals surface area contributed by atoms with E-state index >= 15 is 0 Å². The molecule has 2 nitrogen and oxygen atoms in total. The van der Waals surface area contributed by atoms with Gasteiger partial charge in [0.05, 0.1) is 4.70 Å². The van der Waals surface area contributed by atoms with Crippen LogP contribution in [0.2, 0.25) is 0 Å². The highest BCUT2D eigenvalue weighted by molar-refractivity contribution is 7.13. The smallest absolute Gasteiger partial charge is 0.255 e. The lowest BCUT2D eigenvalue weighted by Gasteiger charge is -1.83. The Balaban J connectivity index is 2.86. The van der Waals surface area contributed by atoms with Crippen LogP contribution in [0, 0.1) is 0 Å². The average molecular weight is 162 g/mol. The Morgan fingerprint density at radius 2 is 2.18 bits per heavy atom. The fourth-order valence-corrected chi connectivity index (χ4v) is 1.69. The monoisotopic (exact) mass is 162 g/mol. The van der Waals surface area contributed by atoms with Gasteiger partial charge in [0, 0.05) is 5.39 Å². The molecule has 0 aliphatic rings. The van der Waals surface area contributed by atoms with Crippen LogP contribution >= 0.6 is 11.5 Å². The Hall–Kier alpha value is -1.22. The molecule has 0 fully saturated rings. The summed E-state index contributed by atoms with van der Waals surface area (Å²) in [6.45, 7) is 0. The van der Waals surface area contributed by atoms with Gasteiger partial charge in [-0.1, -0.05) is 18.2 Å². The predicted octanol–water partition coefficient (Wildman–Crippen LogP) is 1.75. The van der Waals surface area contributed by atoms with Crippen LogP contribution in [0.3, 0.4) is 0 Å². The Morgan fingerprint density at radius 1 is 1.36 bits per heavy atom. The van der Waals surface area contributed by atoms with Gasteiger partial charge in [-0.3, -0.25) is 4.79 Å². The minimum atomic E-state index is 0.422. The average Bonchev–Trinajstić information content (AvgIpc) is 2.47. The van der Waals surface area contributed by atoms with E-state index in [0.717, 1.165) is 10.1 Å². The summed E-state index contributed by atoms with van der Waals surface area (Å²) < 4.78 is 4.97. The van der Waals surface area contributed by atoms with Crippen molar-refractivity contribution in [3.63, 3.8) is 0 Å². The molecular formula is C8H4NOS. The highest BCUT2D eigenvalue weighted by Crippen LogP contribution is 2.20. The SMILES string of the molecule is O=[C]c1nsc2ccccc12. The van der Waals surface area contributed by atoms with Crippen molar-refractivity contribution in [1.82, 2.24) is 4.37 Å². The van der Waals surface area contributed by atoms with Crippen LogP contribution in [0.1, 0.15) is 5.69 Å². The molecule has 1 aromatic carbocycles. The first-order chi connectivity index (χ1) is 5.42. The van der Waals surface area contributed by atoms with Crippen LogP contribution in [-0.2, 0) is 4.79 Å². The van der Waals surface area contributed by atoms with E-state index in [9.17, 15) is 4.79 Å². The molecule has 0 aliphatic carbocycles. The molecule has 53 valence electrons. The van der Waals surface area contributed by atoms with Gasteiger partial charge in [0.15, 0.2) is 0 Å². The van der Waals surface area contributed by atoms with Crippen molar-refractivity contribution in [3.8, 4) is 0 Å². The van der Waals surface area contributed by atoms with Crippen LogP contribution in [0.25, 0.3) is 10.1 Å². The molecule has 0 N–H and O–H groups in total. The number of rotatable bonds is 1. The third-order valence-electron chi connectivity index (χ3n) is 1.47.